The van der Waals surface area contributed by atoms with Crippen molar-refractivity contribution in [3.8, 4) is 17.2 Å². The van der Waals surface area contributed by atoms with Gasteiger partial charge in [-0.15, -0.1) is 0 Å². The second-order valence-electron chi connectivity index (χ2n) is 11.9. The largest absolute Gasteiger partial charge is 0.508 e. The van der Waals surface area contributed by atoms with Gasteiger partial charge in [0, 0.05) is 35.6 Å². The van der Waals surface area contributed by atoms with Crippen LogP contribution in [0.4, 0.5) is 0 Å². The Hall–Kier alpha value is -5.52. The predicted molar refractivity (Wildman–Crippen MR) is 193 cm³/mol. The summed E-state index contributed by atoms with van der Waals surface area (Å²) in [6.45, 7) is 9.05. The van der Waals surface area contributed by atoms with Gasteiger partial charge < -0.3 is 31.3 Å². The Bertz CT molecular complexity index is 2130. The minimum absolute atomic E-state index is 0.115. The van der Waals surface area contributed by atoms with Crippen LogP contribution in [0.25, 0.3) is 32.9 Å². The number of phenolic OH excluding ortho intramolecular Hbond substituents is 3. The predicted octanol–water partition coefficient (Wildman–Crippen LogP) is 6.08. The smallest absolute Gasteiger partial charge is 0.294 e. The van der Waals surface area contributed by atoms with Crippen molar-refractivity contribution in [1.29, 1.82) is 0 Å². The van der Waals surface area contributed by atoms with E-state index in [1.165, 1.54) is 24.3 Å². The summed E-state index contributed by atoms with van der Waals surface area (Å²) in [6.07, 6.45) is 2.27. The lowest BCUT2D eigenvalue weighted by molar-refractivity contribution is -0.123. The lowest BCUT2D eigenvalue weighted by Crippen LogP contribution is -2.44. The van der Waals surface area contributed by atoms with Crippen molar-refractivity contribution in [2.75, 3.05) is 13.1 Å². The molecular weight excluding hydrogens is 642 g/mol. The standard InChI is InChI=1S/C38H39N3O7S/c1-24(33-20-27-7-3-4-8-28(27)22-36(33)43)39-17-6-5-9-35(38(45)40-18-16-26-10-13-31(42)14-11-26)41-25(2)34-21-30-19-32(49(46,47)48)15-12-29(30)23-37(34)44/h3-4,7-8,10-15,19-23,35,39,41-44H,1-2,5-6,9,16-18H2,(H,40,45)(H,46,47,48). The maximum absolute atomic E-state index is 13.4. The molecule has 0 spiro atoms. The molecule has 1 unspecified atom stereocenters. The fourth-order valence-corrected chi connectivity index (χ4v) is 6.13. The highest BCUT2D eigenvalue weighted by Gasteiger charge is 2.21. The molecule has 0 aliphatic heterocycles. The van der Waals surface area contributed by atoms with Crippen molar-refractivity contribution in [1.82, 2.24) is 16.0 Å². The number of fused-ring (bicyclic) bond motifs is 2. The van der Waals surface area contributed by atoms with Gasteiger partial charge >= 0.3 is 0 Å². The van der Waals surface area contributed by atoms with Crippen LogP contribution in [-0.4, -0.2) is 53.3 Å². The second kappa shape index (κ2) is 15.1. The van der Waals surface area contributed by atoms with Crippen LogP contribution in [0.1, 0.15) is 36.0 Å². The third kappa shape index (κ3) is 8.89. The molecule has 0 aliphatic carbocycles. The Balaban J connectivity index is 1.24. The molecule has 0 bridgehead atoms. The first-order chi connectivity index (χ1) is 23.4. The topological polar surface area (TPSA) is 168 Å². The first kappa shape index (κ1) is 34.8. The minimum atomic E-state index is -4.44. The molecule has 11 heteroatoms. The molecule has 0 fully saturated rings. The molecule has 0 radical (unpaired) electrons. The molecule has 0 heterocycles. The zero-order valence-electron chi connectivity index (χ0n) is 26.8. The van der Waals surface area contributed by atoms with Gasteiger partial charge in [-0.3, -0.25) is 9.35 Å². The quantitative estimate of drug-likeness (QED) is 0.0512. The average molecular weight is 682 g/mol. The lowest BCUT2D eigenvalue weighted by Gasteiger charge is -2.22. The molecule has 5 aromatic rings. The van der Waals surface area contributed by atoms with Gasteiger partial charge in [0.25, 0.3) is 10.1 Å². The number of phenols is 3. The summed E-state index contributed by atoms with van der Waals surface area (Å²) in [5.74, 6) is -0.0916. The van der Waals surface area contributed by atoms with Crippen molar-refractivity contribution in [3.63, 3.8) is 0 Å². The third-order valence-electron chi connectivity index (χ3n) is 8.31. The number of rotatable bonds is 15. The summed E-state index contributed by atoms with van der Waals surface area (Å²) in [5, 5.41) is 43.2. The molecule has 5 rings (SSSR count). The van der Waals surface area contributed by atoms with Crippen LogP contribution in [0.2, 0.25) is 0 Å². The highest BCUT2D eigenvalue weighted by Crippen LogP contribution is 2.31. The van der Waals surface area contributed by atoms with E-state index >= 15 is 0 Å². The number of unbranched alkanes of at least 4 members (excludes halogenated alkanes) is 1. The molecule has 0 aromatic heterocycles. The van der Waals surface area contributed by atoms with Crippen LogP contribution < -0.4 is 16.0 Å². The molecular formula is C38H39N3O7S. The van der Waals surface area contributed by atoms with Crippen LogP contribution in [0.5, 0.6) is 17.2 Å². The zero-order chi connectivity index (χ0) is 35.1. The van der Waals surface area contributed by atoms with Gasteiger partial charge in [0.15, 0.2) is 0 Å². The summed E-state index contributed by atoms with van der Waals surface area (Å²) in [7, 11) is -4.44. The summed E-state index contributed by atoms with van der Waals surface area (Å²) in [4.78, 5) is 13.2. The molecule has 0 aliphatic rings. The molecule has 1 atom stereocenters. The molecule has 5 aromatic carbocycles. The van der Waals surface area contributed by atoms with Crippen LogP contribution in [0, 0.1) is 0 Å². The van der Waals surface area contributed by atoms with E-state index in [1.807, 2.05) is 30.3 Å². The van der Waals surface area contributed by atoms with Gasteiger partial charge in [-0.1, -0.05) is 55.6 Å². The Kier molecular flexibility index (Phi) is 10.8. The van der Waals surface area contributed by atoms with E-state index in [4.69, 9.17) is 0 Å². The van der Waals surface area contributed by atoms with Crippen molar-refractivity contribution in [2.45, 2.75) is 36.6 Å². The van der Waals surface area contributed by atoms with Gasteiger partial charge in [-0.25, -0.2) is 0 Å². The van der Waals surface area contributed by atoms with Gasteiger partial charge in [-0.2, -0.15) is 8.42 Å². The van der Waals surface area contributed by atoms with E-state index < -0.39 is 16.2 Å². The van der Waals surface area contributed by atoms with E-state index in [0.29, 0.717) is 60.8 Å². The van der Waals surface area contributed by atoms with E-state index in [1.54, 1.807) is 36.4 Å². The number of aromatic hydroxyl groups is 3. The number of amides is 1. The number of carbonyl (C=O) groups is 1. The maximum atomic E-state index is 13.4. The third-order valence-corrected chi connectivity index (χ3v) is 9.16. The van der Waals surface area contributed by atoms with Crippen molar-refractivity contribution >= 4 is 49.0 Å². The maximum Gasteiger partial charge on any atom is 0.294 e. The number of nitrogens with one attached hydrogen (secondary N) is 3. The fourth-order valence-electron chi connectivity index (χ4n) is 5.62. The van der Waals surface area contributed by atoms with Crippen LogP contribution in [0.3, 0.4) is 0 Å². The molecule has 0 saturated carbocycles. The molecule has 254 valence electrons. The van der Waals surface area contributed by atoms with Crippen LogP contribution in [0.15, 0.2) is 109 Å². The van der Waals surface area contributed by atoms with Gasteiger partial charge in [-0.05, 0) is 101 Å². The van der Waals surface area contributed by atoms with Crippen molar-refractivity contribution in [3.05, 3.63) is 121 Å². The highest BCUT2D eigenvalue weighted by molar-refractivity contribution is 7.85. The Morgan fingerprint density at radius 3 is 1.98 bits per heavy atom. The Morgan fingerprint density at radius 2 is 1.31 bits per heavy atom. The molecule has 0 saturated heterocycles. The highest BCUT2D eigenvalue weighted by atomic mass is 32.2. The summed E-state index contributed by atoms with van der Waals surface area (Å²) in [5.41, 5.74) is 2.67. The number of benzene rings is 5. The summed E-state index contributed by atoms with van der Waals surface area (Å²) >= 11 is 0. The van der Waals surface area contributed by atoms with Gasteiger partial charge in [0.1, 0.15) is 23.3 Å². The van der Waals surface area contributed by atoms with Crippen LogP contribution >= 0.6 is 0 Å². The first-order valence-corrected chi connectivity index (χ1v) is 17.2. The molecule has 7 N–H and O–H groups in total. The van der Waals surface area contributed by atoms with Crippen LogP contribution in [-0.2, 0) is 21.3 Å². The van der Waals surface area contributed by atoms with Gasteiger partial charge in [0.2, 0.25) is 5.91 Å². The van der Waals surface area contributed by atoms with Crippen molar-refractivity contribution < 1.29 is 33.1 Å². The first-order valence-electron chi connectivity index (χ1n) is 15.8. The van der Waals surface area contributed by atoms with Gasteiger partial charge in [0.05, 0.1) is 4.90 Å². The van der Waals surface area contributed by atoms with E-state index in [0.717, 1.165) is 16.3 Å². The minimum Gasteiger partial charge on any atom is -0.508 e. The zero-order valence-corrected chi connectivity index (χ0v) is 27.6. The van der Waals surface area contributed by atoms with Crippen molar-refractivity contribution in [2.24, 2.45) is 0 Å². The summed E-state index contributed by atoms with van der Waals surface area (Å²) in [6, 6.07) is 24.4. The fraction of sp³-hybridized carbons (Fsp3) is 0.184. The molecule has 10 nitrogen and oxygen atoms in total. The lowest BCUT2D eigenvalue weighted by atomic mass is 10.0. The molecule has 1 amide bonds. The normalized spacial score (nSPS) is 12.0. The molecule has 49 heavy (non-hydrogen) atoms. The Labute approximate surface area is 285 Å². The Morgan fingerprint density at radius 1 is 0.694 bits per heavy atom. The van der Waals surface area contributed by atoms with E-state index in [2.05, 4.69) is 29.1 Å². The number of carbonyl (C=O) groups excluding carboxylic acids is 1. The number of hydrogen-bond acceptors (Lipinski definition) is 8. The second-order valence-corrected chi connectivity index (χ2v) is 13.3. The average Bonchev–Trinajstić information content (AvgIpc) is 3.07. The van der Waals surface area contributed by atoms with E-state index in [-0.39, 0.29) is 39.3 Å². The van der Waals surface area contributed by atoms with E-state index in [9.17, 15) is 33.1 Å². The SMILES string of the molecule is C=C(NCCCCC(NC(=C)c1cc2cc(S(=O)(=O)O)ccc2cc1O)C(=O)NCCc1ccc(O)cc1)c1cc2ccccc2cc1O. The monoisotopic (exact) mass is 681 g/mol. The summed E-state index contributed by atoms with van der Waals surface area (Å²) < 4.78 is 32.9. The number of hydrogen-bond donors (Lipinski definition) is 7.